The average Bonchev–Trinajstić information content (AvgIpc) is 2.76. The van der Waals surface area contributed by atoms with E-state index in [0.717, 1.165) is 6.07 Å². The Bertz CT molecular complexity index is 508. The minimum absolute atomic E-state index is 0.0519. The van der Waals surface area contributed by atoms with Crippen LogP contribution in [0.15, 0.2) is 6.07 Å². The zero-order valence-electron chi connectivity index (χ0n) is 9.62. The molecule has 1 aromatic rings. The Hall–Kier alpha value is -1.57. The van der Waals surface area contributed by atoms with E-state index in [-0.39, 0.29) is 18.3 Å². The second kappa shape index (κ2) is 4.84. The van der Waals surface area contributed by atoms with E-state index in [4.69, 9.17) is 17.3 Å². The highest BCUT2D eigenvalue weighted by atomic mass is 35.5. The monoisotopic (exact) mass is 294 g/mol. The standard InChI is InChI=1S/C10H10ClF3N4O/c11-9-16-6(10(12,13)14)3-7(17-9)18-2-1-5(4-18)8(15)19/h3,5H,1-2,4H2,(H2,15,19). The van der Waals surface area contributed by atoms with Gasteiger partial charge >= 0.3 is 6.18 Å². The second-order valence-corrected chi connectivity index (χ2v) is 4.55. The molecule has 1 saturated heterocycles. The van der Waals surface area contributed by atoms with Gasteiger partial charge in [-0.2, -0.15) is 13.2 Å². The topological polar surface area (TPSA) is 72.1 Å². The number of anilines is 1. The van der Waals surface area contributed by atoms with Crippen molar-refractivity contribution in [2.45, 2.75) is 12.6 Å². The van der Waals surface area contributed by atoms with E-state index in [1.807, 2.05) is 0 Å². The molecule has 2 rings (SSSR count). The summed E-state index contributed by atoms with van der Waals surface area (Å²) in [6, 6.07) is 0.815. The van der Waals surface area contributed by atoms with Gasteiger partial charge in [-0.15, -0.1) is 0 Å². The maximum Gasteiger partial charge on any atom is 0.433 e. The molecule has 1 atom stereocenters. The third-order valence-electron chi connectivity index (χ3n) is 2.89. The molecule has 2 N–H and O–H groups in total. The van der Waals surface area contributed by atoms with Crippen LogP contribution < -0.4 is 10.6 Å². The first-order valence-corrected chi connectivity index (χ1v) is 5.81. The van der Waals surface area contributed by atoms with Crippen LogP contribution in [-0.2, 0) is 11.0 Å². The van der Waals surface area contributed by atoms with E-state index in [1.54, 1.807) is 0 Å². The molecule has 19 heavy (non-hydrogen) atoms. The number of amides is 1. The number of nitrogens with zero attached hydrogens (tertiary/aromatic N) is 3. The summed E-state index contributed by atoms with van der Waals surface area (Å²) in [5, 5.41) is -0.479. The maximum absolute atomic E-state index is 12.6. The quantitative estimate of drug-likeness (QED) is 0.838. The summed E-state index contributed by atoms with van der Waals surface area (Å²) in [5.74, 6) is -0.808. The van der Waals surface area contributed by atoms with Gasteiger partial charge in [0.15, 0.2) is 5.69 Å². The fourth-order valence-corrected chi connectivity index (χ4v) is 2.09. The molecule has 0 bridgehead atoms. The Morgan fingerprint density at radius 3 is 2.68 bits per heavy atom. The highest BCUT2D eigenvalue weighted by Crippen LogP contribution is 2.31. The molecular weight excluding hydrogens is 285 g/mol. The number of aromatic nitrogens is 2. The molecule has 1 aliphatic rings. The summed E-state index contributed by atoms with van der Waals surface area (Å²) in [7, 11) is 0. The van der Waals surface area contributed by atoms with Crippen molar-refractivity contribution < 1.29 is 18.0 Å². The summed E-state index contributed by atoms with van der Waals surface area (Å²) >= 11 is 5.49. The largest absolute Gasteiger partial charge is 0.433 e. The predicted molar refractivity (Wildman–Crippen MR) is 61.6 cm³/mol. The average molecular weight is 295 g/mol. The Labute approximate surface area is 111 Å². The molecule has 0 aliphatic carbocycles. The first-order chi connectivity index (χ1) is 8.77. The molecule has 9 heteroatoms. The van der Waals surface area contributed by atoms with Crippen molar-refractivity contribution in [2.75, 3.05) is 18.0 Å². The van der Waals surface area contributed by atoms with Gasteiger partial charge in [0, 0.05) is 19.2 Å². The summed E-state index contributed by atoms with van der Waals surface area (Å²) in [5.41, 5.74) is 4.06. The molecule has 0 saturated carbocycles. The Morgan fingerprint density at radius 1 is 1.47 bits per heavy atom. The summed E-state index contributed by atoms with van der Waals surface area (Å²) in [6.45, 7) is 0.637. The van der Waals surface area contributed by atoms with Crippen LogP contribution in [0.5, 0.6) is 0 Å². The number of carbonyl (C=O) groups excluding carboxylic acids is 1. The number of hydrogen-bond donors (Lipinski definition) is 1. The lowest BCUT2D eigenvalue weighted by molar-refractivity contribution is -0.141. The molecule has 1 aromatic heterocycles. The van der Waals surface area contributed by atoms with Crippen molar-refractivity contribution in [1.29, 1.82) is 0 Å². The second-order valence-electron chi connectivity index (χ2n) is 4.21. The fourth-order valence-electron chi connectivity index (χ4n) is 1.91. The van der Waals surface area contributed by atoms with Crippen LogP contribution in [0.25, 0.3) is 0 Å². The van der Waals surface area contributed by atoms with Gasteiger partial charge in [-0.25, -0.2) is 9.97 Å². The van der Waals surface area contributed by atoms with Gasteiger partial charge in [0.2, 0.25) is 11.2 Å². The van der Waals surface area contributed by atoms with Crippen molar-refractivity contribution in [1.82, 2.24) is 9.97 Å². The lowest BCUT2D eigenvalue weighted by atomic mass is 10.1. The summed E-state index contributed by atoms with van der Waals surface area (Å²) < 4.78 is 37.8. The third-order valence-corrected chi connectivity index (χ3v) is 3.06. The lowest BCUT2D eigenvalue weighted by Gasteiger charge is -2.18. The van der Waals surface area contributed by atoms with Crippen LogP contribution in [0, 0.1) is 5.92 Å². The fraction of sp³-hybridized carbons (Fsp3) is 0.500. The molecule has 1 aliphatic heterocycles. The molecule has 104 valence electrons. The number of alkyl halides is 3. The number of nitrogens with two attached hydrogens (primary N) is 1. The molecule has 1 unspecified atom stereocenters. The van der Waals surface area contributed by atoms with Crippen LogP contribution in [0.2, 0.25) is 5.28 Å². The number of carbonyl (C=O) groups is 1. The molecule has 5 nitrogen and oxygen atoms in total. The first kappa shape index (κ1) is 13.9. The molecule has 2 heterocycles. The Kier molecular flexibility index (Phi) is 3.53. The van der Waals surface area contributed by atoms with Crippen LogP contribution in [0.3, 0.4) is 0 Å². The van der Waals surface area contributed by atoms with Gasteiger partial charge in [0.25, 0.3) is 0 Å². The Morgan fingerprint density at radius 2 is 2.16 bits per heavy atom. The van der Waals surface area contributed by atoms with E-state index in [1.165, 1.54) is 4.90 Å². The summed E-state index contributed by atoms with van der Waals surface area (Å²) in [6.07, 6.45) is -4.11. The molecular formula is C10H10ClF3N4O. The van der Waals surface area contributed by atoms with Gasteiger partial charge in [-0.3, -0.25) is 4.79 Å². The van der Waals surface area contributed by atoms with Gasteiger partial charge < -0.3 is 10.6 Å². The SMILES string of the molecule is NC(=O)C1CCN(c2cc(C(F)(F)F)nc(Cl)n2)C1. The highest BCUT2D eigenvalue weighted by molar-refractivity contribution is 6.28. The van der Waals surface area contributed by atoms with Crippen molar-refractivity contribution in [3.63, 3.8) is 0 Å². The van der Waals surface area contributed by atoms with Crippen LogP contribution in [0.4, 0.5) is 19.0 Å². The third kappa shape index (κ3) is 3.06. The van der Waals surface area contributed by atoms with Crippen molar-refractivity contribution in [2.24, 2.45) is 11.7 Å². The van der Waals surface area contributed by atoms with E-state index < -0.39 is 23.1 Å². The number of hydrogen-bond acceptors (Lipinski definition) is 4. The van der Waals surface area contributed by atoms with E-state index in [9.17, 15) is 18.0 Å². The predicted octanol–water partition coefficient (Wildman–Crippen LogP) is 1.46. The molecule has 0 radical (unpaired) electrons. The van der Waals surface area contributed by atoms with Crippen molar-refractivity contribution >= 4 is 23.3 Å². The highest BCUT2D eigenvalue weighted by Gasteiger charge is 2.35. The normalized spacial score (nSPS) is 19.8. The minimum Gasteiger partial charge on any atom is -0.369 e. The first-order valence-electron chi connectivity index (χ1n) is 5.43. The van der Waals surface area contributed by atoms with Gasteiger partial charge in [-0.05, 0) is 18.0 Å². The minimum atomic E-state index is -4.59. The zero-order valence-corrected chi connectivity index (χ0v) is 10.4. The van der Waals surface area contributed by atoms with E-state index in [2.05, 4.69) is 9.97 Å². The van der Waals surface area contributed by atoms with Crippen LogP contribution in [0.1, 0.15) is 12.1 Å². The van der Waals surface area contributed by atoms with Crippen molar-refractivity contribution in [3.8, 4) is 0 Å². The number of rotatable bonds is 2. The lowest BCUT2D eigenvalue weighted by Crippen LogP contribution is -2.28. The number of halogens is 4. The van der Waals surface area contributed by atoms with E-state index in [0.29, 0.717) is 13.0 Å². The van der Waals surface area contributed by atoms with Crippen LogP contribution >= 0.6 is 11.6 Å². The van der Waals surface area contributed by atoms with Gasteiger partial charge in [0.1, 0.15) is 5.82 Å². The zero-order chi connectivity index (χ0) is 14.2. The number of primary amides is 1. The van der Waals surface area contributed by atoms with Gasteiger partial charge in [0.05, 0.1) is 5.92 Å². The molecule has 0 spiro atoms. The Balaban J connectivity index is 2.26. The maximum atomic E-state index is 12.6. The van der Waals surface area contributed by atoms with Gasteiger partial charge in [-0.1, -0.05) is 0 Å². The van der Waals surface area contributed by atoms with Crippen LogP contribution in [-0.4, -0.2) is 29.0 Å². The molecule has 1 amide bonds. The smallest absolute Gasteiger partial charge is 0.369 e. The molecule has 1 fully saturated rings. The van der Waals surface area contributed by atoms with Crippen molar-refractivity contribution in [3.05, 3.63) is 17.0 Å². The summed E-state index contributed by atoms with van der Waals surface area (Å²) in [4.78, 5) is 19.5. The molecule has 0 aromatic carbocycles. The van der Waals surface area contributed by atoms with E-state index >= 15 is 0 Å².